The van der Waals surface area contributed by atoms with Crippen molar-refractivity contribution in [3.8, 4) is 11.6 Å². The summed E-state index contributed by atoms with van der Waals surface area (Å²) in [5.41, 5.74) is 1.52. The van der Waals surface area contributed by atoms with E-state index in [1.165, 1.54) is 6.33 Å². The summed E-state index contributed by atoms with van der Waals surface area (Å²) in [6, 6.07) is 6.87. The van der Waals surface area contributed by atoms with Crippen molar-refractivity contribution in [2.45, 2.75) is 13.0 Å². The molecule has 0 amide bonds. The van der Waals surface area contributed by atoms with Crippen LogP contribution in [0.5, 0.6) is 11.6 Å². The van der Waals surface area contributed by atoms with Crippen molar-refractivity contribution in [3.63, 3.8) is 0 Å². The molecule has 0 N–H and O–H groups in total. The van der Waals surface area contributed by atoms with Crippen LogP contribution in [-0.2, 0) is 18.8 Å². The summed E-state index contributed by atoms with van der Waals surface area (Å²) >= 11 is 0. The quantitative estimate of drug-likeness (QED) is 0.855. The molecule has 0 aliphatic carbocycles. The van der Waals surface area contributed by atoms with Crippen LogP contribution in [0.25, 0.3) is 0 Å². The molecule has 0 spiro atoms. The molecule has 2 aromatic rings. The summed E-state index contributed by atoms with van der Waals surface area (Å²) in [5, 5.41) is 0. The topological polar surface area (TPSA) is 87.6 Å². The fourth-order valence-corrected chi connectivity index (χ4v) is 2.65. The minimum absolute atomic E-state index is 0.0203. The Labute approximate surface area is 121 Å². The Morgan fingerprint density at radius 1 is 1.29 bits per heavy atom. The van der Waals surface area contributed by atoms with E-state index in [4.69, 9.17) is 8.92 Å². The van der Waals surface area contributed by atoms with Crippen LogP contribution in [0.3, 0.4) is 0 Å². The van der Waals surface area contributed by atoms with Crippen LogP contribution in [-0.4, -0.2) is 25.0 Å². The maximum absolute atomic E-state index is 11.1. The molecule has 7 nitrogen and oxygen atoms in total. The molecule has 1 fully saturated rings. The van der Waals surface area contributed by atoms with Crippen LogP contribution in [0.1, 0.15) is 17.2 Å². The number of benzene rings is 1. The van der Waals surface area contributed by atoms with Gasteiger partial charge >= 0.3 is 10.4 Å². The molecule has 21 heavy (non-hydrogen) atoms. The Kier molecular flexibility index (Phi) is 3.58. The van der Waals surface area contributed by atoms with E-state index in [1.54, 1.807) is 30.5 Å². The standard InChI is InChI=1S/C13H12N2O5S/c1-9-6-14-8-15-13(9)19-11-4-2-10(3-5-11)12-7-18-21(16,17)20-12/h2-6,8,12H,7H2,1H3. The number of hydrogen-bond acceptors (Lipinski definition) is 7. The molecule has 1 aliphatic rings. The van der Waals surface area contributed by atoms with Gasteiger partial charge in [0.1, 0.15) is 24.8 Å². The third-order valence-electron chi connectivity index (χ3n) is 2.91. The summed E-state index contributed by atoms with van der Waals surface area (Å²) in [4.78, 5) is 7.92. The minimum Gasteiger partial charge on any atom is -0.439 e. The molecule has 2 heterocycles. The van der Waals surface area contributed by atoms with Gasteiger partial charge in [-0.3, -0.25) is 0 Å². The number of ether oxygens (including phenoxy) is 1. The molecule has 1 aromatic heterocycles. The Hall–Kier alpha value is -2.03. The molecular weight excluding hydrogens is 296 g/mol. The monoisotopic (exact) mass is 308 g/mol. The smallest absolute Gasteiger partial charge is 0.400 e. The zero-order chi connectivity index (χ0) is 14.9. The highest BCUT2D eigenvalue weighted by molar-refractivity contribution is 7.82. The maximum atomic E-state index is 11.1. The van der Waals surface area contributed by atoms with E-state index < -0.39 is 16.5 Å². The lowest BCUT2D eigenvalue weighted by atomic mass is 10.1. The third kappa shape index (κ3) is 3.18. The van der Waals surface area contributed by atoms with Crippen molar-refractivity contribution in [2.24, 2.45) is 0 Å². The van der Waals surface area contributed by atoms with E-state index in [0.29, 0.717) is 17.2 Å². The van der Waals surface area contributed by atoms with E-state index in [0.717, 1.165) is 5.56 Å². The van der Waals surface area contributed by atoms with Gasteiger partial charge in [-0.15, -0.1) is 0 Å². The normalized spacial score (nSPS) is 20.3. The summed E-state index contributed by atoms with van der Waals surface area (Å²) in [6.45, 7) is 1.83. The van der Waals surface area contributed by atoms with Gasteiger partial charge in [0.15, 0.2) is 0 Å². The van der Waals surface area contributed by atoms with Crippen LogP contribution >= 0.6 is 0 Å². The number of nitrogens with zero attached hydrogens (tertiary/aromatic N) is 2. The second kappa shape index (κ2) is 5.40. The molecule has 1 atom stereocenters. The number of aromatic nitrogens is 2. The van der Waals surface area contributed by atoms with Gasteiger partial charge in [-0.1, -0.05) is 12.1 Å². The van der Waals surface area contributed by atoms with Crippen molar-refractivity contribution in [1.82, 2.24) is 9.97 Å². The molecule has 3 rings (SSSR count). The summed E-state index contributed by atoms with van der Waals surface area (Å²) in [7, 11) is -3.86. The van der Waals surface area contributed by atoms with Crippen LogP contribution in [0.15, 0.2) is 36.8 Å². The molecule has 0 saturated carbocycles. The van der Waals surface area contributed by atoms with Gasteiger partial charge in [-0.2, -0.15) is 8.42 Å². The number of aryl methyl sites for hydroxylation is 1. The van der Waals surface area contributed by atoms with E-state index >= 15 is 0 Å². The van der Waals surface area contributed by atoms with Crippen LogP contribution < -0.4 is 4.74 Å². The third-order valence-corrected chi connectivity index (χ3v) is 3.80. The average Bonchev–Trinajstić information content (AvgIpc) is 2.83. The van der Waals surface area contributed by atoms with Gasteiger partial charge in [0.2, 0.25) is 5.88 Å². The highest BCUT2D eigenvalue weighted by atomic mass is 32.3. The first-order chi connectivity index (χ1) is 10.0. The first-order valence-electron chi connectivity index (χ1n) is 6.15. The fourth-order valence-electron chi connectivity index (χ4n) is 1.85. The predicted octanol–water partition coefficient (Wildman–Crippen LogP) is 1.91. The highest BCUT2D eigenvalue weighted by Gasteiger charge is 2.31. The van der Waals surface area contributed by atoms with E-state index in [1.807, 2.05) is 6.92 Å². The van der Waals surface area contributed by atoms with Crippen molar-refractivity contribution in [3.05, 3.63) is 47.9 Å². The number of hydrogen-bond donors (Lipinski definition) is 0. The van der Waals surface area contributed by atoms with Crippen LogP contribution in [0.4, 0.5) is 0 Å². The van der Waals surface area contributed by atoms with Gasteiger partial charge in [-0.25, -0.2) is 18.3 Å². The molecule has 110 valence electrons. The Morgan fingerprint density at radius 3 is 2.67 bits per heavy atom. The van der Waals surface area contributed by atoms with Crippen LogP contribution in [0, 0.1) is 6.92 Å². The first-order valence-corrected chi connectivity index (χ1v) is 7.49. The van der Waals surface area contributed by atoms with Crippen LogP contribution in [0.2, 0.25) is 0 Å². The van der Waals surface area contributed by atoms with Crippen molar-refractivity contribution < 1.29 is 21.5 Å². The second-order valence-electron chi connectivity index (χ2n) is 4.46. The predicted molar refractivity (Wildman–Crippen MR) is 72.0 cm³/mol. The Morgan fingerprint density at radius 2 is 2.05 bits per heavy atom. The molecule has 0 bridgehead atoms. The first kappa shape index (κ1) is 13.9. The molecule has 1 saturated heterocycles. The molecule has 1 aliphatic heterocycles. The van der Waals surface area contributed by atoms with Gasteiger partial charge in [0.25, 0.3) is 0 Å². The molecule has 1 unspecified atom stereocenters. The van der Waals surface area contributed by atoms with Gasteiger partial charge in [0, 0.05) is 11.8 Å². The molecule has 0 radical (unpaired) electrons. The summed E-state index contributed by atoms with van der Waals surface area (Å²) in [6.07, 6.45) is 2.45. The second-order valence-corrected chi connectivity index (χ2v) is 5.70. The minimum atomic E-state index is -3.86. The van der Waals surface area contributed by atoms with Gasteiger partial charge < -0.3 is 4.74 Å². The van der Waals surface area contributed by atoms with Gasteiger partial charge in [-0.05, 0) is 24.6 Å². The number of rotatable bonds is 3. The molecule has 1 aromatic carbocycles. The largest absolute Gasteiger partial charge is 0.439 e. The molecule has 8 heteroatoms. The SMILES string of the molecule is Cc1cncnc1Oc1ccc(C2COS(=O)(=O)O2)cc1. The van der Waals surface area contributed by atoms with E-state index in [2.05, 4.69) is 14.2 Å². The lowest BCUT2D eigenvalue weighted by Gasteiger charge is -2.09. The summed E-state index contributed by atoms with van der Waals surface area (Å²) < 4.78 is 37.1. The fraction of sp³-hybridized carbons (Fsp3) is 0.231. The highest BCUT2D eigenvalue weighted by Crippen LogP contribution is 2.29. The van der Waals surface area contributed by atoms with E-state index in [-0.39, 0.29) is 6.61 Å². The average molecular weight is 308 g/mol. The van der Waals surface area contributed by atoms with Gasteiger partial charge in [0.05, 0.1) is 0 Å². The lowest BCUT2D eigenvalue weighted by molar-refractivity contribution is 0.241. The summed E-state index contributed by atoms with van der Waals surface area (Å²) in [5.74, 6) is 1.06. The lowest BCUT2D eigenvalue weighted by Crippen LogP contribution is -2.01. The Balaban J connectivity index is 1.74. The Bertz CT molecular complexity index is 745. The van der Waals surface area contributed by atoms with E-state index in [9.17, 15) is 8.42 Å². The zero-order valence-corrected chi connectivity index (χ0v) is 11.9. The van der Waals surface area contributed by atoms with Crippen molar-refractivity contribution in [2.75, 3.05) is 6.61 Å². The van der Waals surface area contributed by atoms with Crippen molar-refractivity contribution in [1.29, 1.82) is 0 Å². The van der Waals surface area contributed by atoms with Crippen molar-refractivity contribution >= 4 is 10.4 Å². The zero-order valence-electron chi connectivity index (χ0n) is 11.1. The maximum Gasteiger partial charge on any atom is 0.400 e. The molecular formula is C13H12N2O5S.